The van der Waals surface area contributed by atoms with Crippen molar-refractivity contribution in [3.8, 4) is 5.75 Å². The van der Waals surface area contributed by atoms with E-state index < -0.39 is 0 Å². The average molecular weight is 279 g/mol. The number of hydrogen-bond donors (Lipinski definition) is 1. The predicted molar refractivity (Wildman–Crippen MR) is 84.5 cm³/mol. The molecule has 0 bridgehead atoms. The summed E-state index contributed by atoms with van der Waals surface area (Å²) in [4.78, 5) is 0. The third-order valence-electron chi connectivity index (χ3n) is 3.47. The van der Waals surface area contributed by atoms with Crippen molar-refractivity contribution in [3.63, 3.8) is 0 Å². The van der Waals surface area contributed by atoms with Crippen molar-refractivity contribution >= 4 is 0 Å². The lowest BCUT2D eigenvalue weighted by atomic mass is 10.1. The number of rotatable bonds is 10. The maximum Gasteiger partial charge on any atom is 0.122 e. The Kier molecular flexibility index (Phi) is 8.31. The van der Waals surface area contributed by atoms with Gasteiger partial charge in [0.2, 0.25) is 0 Å². The van der Waals surface area contributed by atoms with Gasteiger partial charge in [-0.2, -0.15) is 0 Å². The molecule has 0 aliphatic carbocycles. The molecule has 0 aliphatic rings. The van der Waals surface area contributed by atoms with Gasteiger partial charge in [0.15, 0.2) is 0 Å². The fraction of sp³-hybridized carbons (Fsp3) is 0.647. The highest BCUT2D eigenvalue weighted by molar-refractivity contribution is 5.40. The first-order valence-electron chi connectivity index (χ1n) is 7.63. The number of nitrogens with two attached hydrogens (primary N) is 1. The van der Waals surface area contributed by atoms with Crippen LogP contribution in [0, 0.1) is 20.8 Å². The van der Waals surface area contributed by atoms with E-state index in [1.54, 1.807) is 0 Å². The molecule has 3 nitrogen and oxygen atoms in total. The molecule has 1 aromatic rings. The highest BCUT2D eigenvalue weighted by Gasteiger charge is 2.02. The van der Waals surface area contributed by atoms with E-state index in [0.717, 1.165) is 51.2 Å². The van der Waals surface area contributed by atoms with Gasteiger partial charge in [0, 0.05) is 19.6 Å². The molecule has 0 aromatic heterocycles. The van der Waals surface area contributed by atoms with Gasteiger partial charge in [0.25, 0.3) is 0 Å². The molecule has 114 valence electrons. The van der Waals surface area contributed by atoms with E-state index in [4.69, 9.17) is 15.2 Å². The second kappa shape index (κ2) is 9.78. The number of hydrogen-bond acceptors (Lipinski definition) is 3. The van der Waals surface area contributed by atoms with Crippen LogP contribution in [-0.4, -0.2) is 26.4 Å². The summed E-state index contributed by atoms with van der Waals surface area (Å²) >= 11 is 0. The highest BCUT2D eigenvalue weighted by atomic mass is 16.5. The fourth-order valence-corrected chi connectivity index (χ4v) is 2.06. The van der Waals surface area contributed by atoms with E-state index in [-0.39, 0.29) is 0 Å². The molecule has 3 heteroatoms. The summed E-state index contributed by atoms with van der Waals surface area (Å²) in [5.41, 5.74) is 9.24. The Morgan fingerprint density at radius 1 is 0.800 bits per heavy atom. The zero-order valence-corrected chi connectivity index (χ0v) is 13.2. The molecule has 0 aliphatic heterocycles. The number of benzene rings is 1. The smallest absolute Gasteiger partial charge is 0.122 e. The third kappa shape index (κ3) is 6.40. The van der Waals surface area contributed by atoms with Crippen LogP contribution in [0.5, 0.6) is 5.75 Å². The first-order valence-corrected chi connectivity index (χ1v) is 7.63. The minimum absolute atomic E-state index is 0.714. The van der Waals surface area contributed by atoms with Gasteiger partial charge >= 0.3 is 0 Å². The van der Waals surface area contributed by atoms with Gasteiger partial charge in [0.1, 0.15) is 5.75 Å². The molecule has 0 unspecified atom stereocenters. The summed E-state index contributed by atoms with van der Waals surface area (Å²) in [6.45, 7) is 9.44. The summed E-state index contributed by atoms with van der Waals surface area (Å²) in [7, 11) is 0. The van der Waals surface area contributed by atoms with Crippen LogP contribution in [0.25, 0.3) is 0 Å². The Morgan fingerprint density at radius 3 is 2.25 bits per heavy atom. The SMILES string of the molecule is Cc1cc(C)c(OCCCOCCCCCN)cc1C. The van der Waals surface area contributed by atoms with Crippen molar-refractivity contribution in [1.29, 1.82) is 0 Å². The average Bonchev–Trinajstić information content (AvgIpc) is 2.42. The Balaban J connectivity index is 2.11. The van der Waals surface area contributed by atoms with Crippen LogP contribution in [0.1, 0.15) is 42.4 Å². The van der Waals surface area contributed by atoms with E-state index >= 15 is 0 Å². The van der Waals surface area contributed by atoms with Crippen molar-refractivity contribution in [2.75, 3.05) is 26.4 Å². The standard InChI is InChI=1S/C17H29NO2/c1-14-12-16(3)17(13-15(14)2)20-11-7-10-19-9-6-4-5-8-18/h12-13H,4-11,18H2,1-3H3. The lowest BCUT2D eigenvalue weighted by molar-refractivity contribution is 0.116. The van der Waals surface area contributed by atoms with Gasteiger partial charge in [-0.25, -0.2) is 0 Å². The topological polar surface area (TPSA) is 44.5 Å². The molecular formula is C17H29NO2. The molecule has 1 aromatic carbocycles. The van der Waals surface area contributed by atoms with Crippen molar-refractivity contribution in [2.24, 2.45) is 5.73 Å². The molecule has 2 N–H and O–H groups in total. The quantitative estimate of drug-likeness (QED) is 0.666. The zero-order valence-electron chi connectivity index (χ0n) is 13.2. The maximum atomic E-state index is 5.82. The second-order valence-electron chi connectivity index (χ2n) is 5.37. The van der Waals surface area contributed by atoms with E-state index in [1.165, 1.54) is 16.7 Å². The van der Waals surface area contributed by atoms with Gasteiger partial charge in [-0.15, -0.1) is 0 Å². The van der Waals surface area contributed by atoms with Gasteiger partial charge < -0.3 is 15.2 Å². The molecule has 0 saturated carbocycles. The molecule has 0 atom stereocenters. The van der Waals surface area contributed by atoms with Gasteiger partial charge in [-0.1, -0.05) is 6.07 Å². The Labute approximate surface area is 123 Å². The van der Waals surface area contributed by atoms with Gasteiger partial charge in [-0.3, -0.25) is 0 Å². The number of unbranched alkanes of at least 4 members (excludes halogenated alkanes) is 2. The van der Waals surface area contributed by atoms with Crippen LogP contribution in [0.4, 0.5) is 0 Å². The summed E-state index contributed by atoms with van der Waals surface area (Å²) in [5, 5.41) is 0. The molecule has 0 fully saturated rings. The Morgan fingerprint density at radius 2 is 1.50 bits per heavy atom. The van der Waals surface area contributed by atoms with E-state index in [0.29, 0.717) is 6.61 Å². The second-order valence-corrected chi connectivity index (χ2v) is 5.37. The predicted octanol–water partition coefficient (Wildman–Crippen LogP) is 3.53. The minimum Gasteiger partial charge on any atom is -0.493 e. The largest absolute Gasteiger partial charge is 0.493 e. The zero-order chi connectivity index (χ0) is 14.8. The molecule has 0 amide bonds. The van der Waals surface area contributed by atoms with Crippen molar-refractivity contribution in [3.05, 3.63) is 28.8 Å². The third-order valence-corrected chi connectivity index (χ3v) is 3.47. The summed E-state index contributed by atoms with van der Waals surface area (Å²) in [5.74, 6) is 0.996. The van der Waals surface area contributed by atoms with Crippen LogP contribution in [0.3, 0.4) is 0 Å². The Bertz CT molecular complexity index is 391. The van der Waals surface area contributed by atoms with E-state index in [1.807, 2.05) is 0 Å². The molecule has 0 spiro atoms. The number of aryl methyl sites for hydroxylation is 3. The molecule has 20 heavy (non-hydrogen) atoms. The normalized spacial score (nSPS) is 10.8. The monoisotopic (exact) mass is 279 g/mol. The molecule has 0 radical (unpaired) electrons. The van der Waals surface area contributed by atoms with Crippen LogP contribution < -0.4 is 10.5 Å². The van der Waals surface area contributed by atoms with Crippen LogP contribution in [0.2, 0.25) is 0 Å². The summed E-state index contributed by atoms with van der Waals surface area (Å²) in [6, 6.07) is 4.30. The minimum atomic E-state index is 0.714. The molecule has 0 heterocycles. The lowest BCUT2D eigenvalue weighted by Crippen LogP contribution is -2.05. The van der Waals surface area contributed by atoms with Crippen molar-refractivity contribution in [1.82, 2.24) is 0 Å². The molecular weight excluding hydrogens is 250 g/mol. The molecule has 0 saturated heterocycles. The first kappa shape index (κ1) is 17.0. The van der Waals surface area contributed by atoms with Crippen LogP contribution in [-0.2, 0) is 4.74 Å². The summed E-state index contributed by atoms with van der Waals surface area (Å²) in [6.07, 6.45) is 4.30. The van der Waals surface area contributed by atoms with Gasteiger partial charge in [0.05, 0.1) is 6.61 Å². The molecule has 1 rings (SSSR count). The fourth-order valence-electron chi connectivity index (χ4n) is 2.06. The summed E-state index contributed by atoms with van der Waals surface area (Å²) < 4.78 is 11.4. The van der Waals surface area contributed by atoms with E-state index in [9.17, 15) is 0 Å². The number of ether oxygens (including phenoxy) is 2. The van der Waals surface area contributed by atoms with Crippen LogP contribution >= 0.6 is 0 Å². The van der Waals surface area contributed by atoms with E-state index in [2.05, 4.69) is 32.9 Å². The maximum absolute atomic E-state index is 5.82. The van der Waals surface area contributed by atoms with Crippen molar-refractivity contribution in [2.45, 2.75) is 46.5 Å². The first-order chi connectivity index (χ1) is 9.65. The van der Waals surface area contributed by atoms with Crippen molar-refractivity contribution < 1.29 is 9.47 Å². The lowest BCUT2D eigenvalue weighted by Gasteiger charge is -2.12. The van der Waals surface area contributed by atoms with Gasteiger partial charge in [-0.05, 0) is 69.3 Å². The highest BCUT2D eigenvalue weighted by Crippen LogP contribution is 2.22. The Hall–Kier alpha value is -1.06. The van der Waals surface area contributed by atoms with Crippen LogP contribution in [0.15, 0.2) is 12.1 Å².